The second-order valence-electron chi connectivity index (χ2n) is 5.33. The maximum absolute atomic E-state index is 12.1. The smallest absolute Gasteiger partial charge is 0.335 e. The molecule has 0 saturated heterocycles. The fourth-order valence-electron chi connectivity index (χ4n) is 3.19. The number of hydrogen-bond acceptors (Lipinski definition) is 4. The first-order valence-corrected chi connectivity index (χ1v) is 7.09. The highest BCUT2D eigenvalue weighted by molar-refractivity contribution is 5.89. The van der Waals surface area contributed by atoms with Crippen LogP contribution in [-0.4, -0.2) is 29.7 Å². The Bertz CT molecular complexity index is 623. The Labute approximate surface area is 122 Å². The summed E-state index contributed by atoms with van der Waals surface area (Å²) in [5.74, 6) is -1.04. The normalized spacial score (nSPS) is 25.7. The van der Waals surface area contributed by atoms with Crippen LogP contribution in [0.25, 0.3) is 0 Å². The number of hydrogen-bond donors (Lipinski definition) is 2. The van der Waals surface area contributed by atoms with Crippen molar-refractivity contribution < 1.29 is 19.4 Å². The van der Waals surface area contributed by atoms with Crippen LogP contribution in [0.2, 0.25) is 0 Å². The predicted molar refractivity (Wildman–Crippen MR) is 77.4 cm³/mol. The summed E-state index contributed by atoms with van der Waals surface area (Å²) >= 11 is 0. The minimum atomic E-state index is -0.941. The highest BCUT2D eigenvalue weighted by Crippen LogP contribution is 2.45. The second kappa shape index (κ2) is 5.24. The zero-order valence-electron chi connectivity index (χ0n) is 11.7. The number of esters is 1. The molecule has 0 spiro atoms. The van der Waals surface area contributed by atoms with E-state index in [1.165, 1.54) is 0 Å². The number of allylic oxidation sites excluding steroid dienone is 2. The first-order valence-electron chi connectivity index (χ1n) is 7.09. The number of carboxylic acid groups (broad SMARTS) is 1. The Balaban J connectivity index is 1.98. The van der Waals surface area contributed by atoms with Gasteiger partial charge in [0.05, 0.1) is 12.2 Å². The molecule has 3 rings (SSSR count). The van der Waals surface area contributed by atoms with Crippen LogP contribution in [0.3, 0.4) is 0 Å². The maximum atomic E-state index is 12.1. The molecule has 3 atom stereocenters. The van der Waals surface area contributed by atoms with Crippen molar-refractivity contribution in [2.45, 2.75) is 25.3 Å². The molecule has 1 aliphatic heterocycles. The summed E-state index contributed by atoms with van der Waals surface area (Å²) in [6.07, 6.45) is 4.89. The van der Waals surface area contributed by atoms with Crippen molar-refractivity contribution in [2.24, 2.45) is 5.92 Å². The fourth-order valence-corrected chi connectivity index (χ4v) is 3.19. The Hall–Kier alpha value is -2.30. The molecule has 1 aromatic rings. The number of nitrogens with one attached hydrogen (secondary N) is 1. The number of carbonyl (C=O) groups is 2. The Morgan fingerprint density at radius 3 is 2.95 bits per heavy atom. The van der Waals surface area contributed by atoms with Gasteiger partial charge in [0.15, 0.2) is 0 Å². The zero-order chi connectivity index (χ0) is 15.0. The van der Waals surface area contributed by atoms with Crippen molar-refractivity contribution in [3.8, 4) is 0 Å². The lowest BCUT2D eigenvalue weighted by atomic mass is 9.79. The van der Waals surface area contributed by atoms with E-state index in [1.807, 2.05) is 6.08 Å². The van der Waals surface area contributed by atoms with Gasteiger partial charge in [0.1, 0.15) is 6.04 Å². The molecule has 0 saturated carbocycles. The number of benzene rings is 1. The van der Waals surface area contributed by atoms with E-state index in [9.17, 15) is 9.59 Å². The molecule has 0 aromatic heterocycles. The third-order valence-corrected chi connectivity index (χ3v) is 4.15. The minimum Gasteiger partial charge on any atom is -0.478 e. The van der Waals surface area contributed by atoms with Gasteiger partial charge in [0.2, 0.25) is 0 Å². The molecular weight excluding hydrogens is 270 g/mol. The van der Waals surface area contributed by atoms with Crippen molar-refractivity contribution in [2.75, 3.05) is 11.9 Å². The first kappa shape index (κ1) is 13.7. The van der Waals surface area contributed by atoms with Crippen LogP contribution < -0.4 is 5.32 Å². The number of anilines is 1. The fraction of sp³-hybridized carbons (Fsp3) is 0.375. The number of ether oxygens (including phenoxy) is 1. The summed E-state index contributed by atoms with van der Waals surface area (Å²) in [7, 11) is 0. The van der Waals surface area contributed by atoms with Crippen molar-refractivity contribution in [3.63, 3.8) is 0 Å². The van der Waals surface area contributed by atoms with Gasteiger partial charge in [0.25, 0.3) is 0 Å². The van der Waals surface area contributed by atoms with Crippen LogP contribution in [0.15, 0.2) is 30.4 Å². The van der Waals surface area contributed by atoms with Gasteiger partial charge in [-0.05, 0) is 37.1 Å². The summed E-state index contributed by atoms with van der Waals surface area (Å²) in [4.78, 5) is 23.2. The molecule has 0 bridgehead atoms. The molecule has 0 amide bonds. The summed E-state index contributed by atoms with van der Waals surface area (Å²) in [6.45, 7) is 2.14. The largest absolute Gasteiger partial charge is 0.478 e. The quantitative estimate of drug-likeness (QED) is 0.659. The molecule has 2 N–H and O–H groups in total. The Kier molecular flexibility index (Phi) is 3.41. The van der Waals surface area contributed by atoms with E-state index in [2.05, 4.69) is 11.4 Å². The van der Waals surface area contributed by atoms with Gasteiger partial charge in [-0.1, -0.05) is 12.2 Å². The first-order chi connectivity index (χ1) is 10.1. The van der Waals surface area contributed by atoms with Crippen molar-refractivity contribution in [1.82, 2.24) is 0 Å². The molecule has 1 heterocycles. The van der Waals surface area contributed by atoms with E-state index in [0.29, 0.717) is 6.61 Å². The number of carbonyl (C=O) groups excluding carboxylic acids is 1. The van der Waals surface area contributed by atoms with Crippen molar-refractivity contribution in [1.29, 1.82) is 0 Å². The van der Waals surface area contributed by atoms with Crippen LogP contribution in [0, 0.1) is 5.92 Å². The lowest BCUT2D eigenvalue weighted by Crippen LogP contribution is -2.43. The molecule has 1 aliphatic carbocycles. The maximum Gasteiger partial charge on any atom is 0.335 e. The van der Waals surface area contributed by atoms with Crippen molar-refractivity contribution in [3.05, 3.63) is 41.5 Å². The SMILES string of the molecule is CCOC(=O)[C@@H]1Nc2ccc(C(=O)O)cc2[C@H]2C=CC[C@H]21. The molecule has 110 valence electrons. The van der Waals surface area contributed by atoms with Crippen LogP contribution in [0.1, 0.15) is 35.2 Å². The molecule has 0 radical (unpaired) electrons. The number of fused-ring (bicyclic) bond motifs is 3. The van der Waals surface area contributed by atoms with Gasteiger partial charge >= 0.3 is 11.9 Å². The molecule has 1 aromatic carbocycles. The Morgan fingerprint density at radius 1 is 1.43 bits per heavy atom. The standard InChI is InChI=1S/C16H17NO4/c1-2-21-16(20)14-11-5-3-4-10(11)12-8-9(15(18)19)6-7-13(12)17-14/h3-4,6-8,10-11,14,17H,2,5H2,1H3,(H,18,19)/t10-,11+,14+/m0/s1. The number of carboxylic acids is 1. The minimum absolute atomic E-state index is 0.0648. The molecule has 0 unspecified atom stereocenters. The number of aromatic carboxylic acids is 1. The molecule has 5 heteroatoms. The van der Waals surface area contributed by atoms with E-state index < -0.39 is 5.97 Å². The van der Waals surface area contributed by atoms with Gasteiger partial charge in [-0.15, -0.1) is 0 Å². The summed E-state index contributed by atoms with van der Waals surface area (Å²) < 4.78 is 5.14. The van der Waals surface area contributed by atoms with E-state index in [-0.39, 0.29) is 29.4 Å². The van der Waals surface area contributed by atoms with Gasteiger partial charge in [-0.2, -0.15) is 0 Å². The Morgan fingerprint density at radius 2 is 2.24 bits per heavy atom. The predicted octanol–water partition coefficient (Wildman–Crippen LogP) is 2.40. The van der Waals surface area contributed by atoms with Crippen molar-refractivity contribution >= 4 is 17.6 Å². The molecule has 2 aliphatic rings. The third-order valence-electron chi connectivity index (χ3n) is 4.15. The molecule has 21 heavy (non-hydrogen) atoms. The van der Waals surface area contributed by atoms with E-state index in [1.54, 1.807) is 25.1 Å². The summed E-state index contributed by atoms with van der Waals surface area (Å²) in [5.41, 5.74) is 2.02. The average Bonchev–Trinajstić information content (AvgIpc) is 2.95. The molecular formula is C16H17NO4. The lowest BCUT2D eigenvalue weighted by Gasteiger charge is -2.35. The summed E-state index contributed by atoms with van der Waals surface area (Å²) in [6, 6.07) is 4.59. The lowest BCUT2D eigenvalue weighted by molar-refractivity contribution is -0.145. The zero-order valence-corrected chi connectivity index (χ0v) is 11.7. The van der Waals surface area contributed by atoms with Crippen LogP contribution in [0.5, 0.6) is 0 Å². The van der Waals surface area contributed by atoms with Gasteiger partial charge < -0.3 is 15.2 Å². The summed E-state index contributed by atoms with van der Waals surface area (Å²) in [5, 5.41) is 12.3. The van der Waals surface area contributed by atoms with E-state index >= 15 is 0 Å². The topological polar surface area (TPSA) is 75.6 Å². The van der Waals surface area contributed by atoms with Gasteiger partial charge in [-0.25, -0.2) is 9.59 Å². The van der Waals surface area contributed by atoms with E-state index in [0.717, 1.165) is 17.7 Å². The third kappa shape index (κ3) is 2.28. The number of rotatable bonds is 3. The van der Waals surface area contributed by atoms with Gasteiger partial charge in [0, 0.05) is 17.5 Å². The van der Waals surface area contributed by atoms with E-state index in [4.69, 9.17) is 9.84 Å². The monoisotopic (exact) mass is 287 g/mol. The molecule has 5 nitrogen and oxygen atoms in total. The highest BCUT2D eigenvalue weighted by Gasteiger charge is 2.41. The van der Waals surface area contributed by atoms with Crippen LogP contribution >= 0.6 is 0 Å². The van der Waals surface area contributed by atoms with Crippen LogP contribution in [0.4, 0.5) is 5.69 Å². The second-order valence-corrected chi connectivity index (χ2v) is 5.33. The highest BCUT2D eigenvalue weighted by atomic mass is 16.5. The molecule has 0 fully saturated rings. The van der Waals surface area contributed by atoms with Gasteiger partial charge in [-0.3, -0.25) is 0 Å². The average molecular weight is 287 g/mol. The van der Waals surface area contributed by atoms with Crippen LogP contribution in [-0.2, 0) is 9.53 Å².